The summed E-state index contributed by atoms with van der Waals surface area (Å²) in [6.45, 7) is 19.8. The van der Waals surface area contributed by atoms with Crippen molar-refractivity contribution in [2.45, 2.75) is 124 Å². The molecule has 0 radical (unpaired) electrons. The van der Waals surface area contributed by atoms with E-state index >= 15 is 0 Å². The summed E-state index contributed by atoms with van der Waals surface area (Å²) < 4.78 is 0. The minimum Gasteiger partial charge on any atom is -0.385 e. The molecule has 0 spiro atoms. The zero-order chi connectivity index (χ0) is 27.3. The summed E-state index contributed by atoms with van der Waals surface area (Å²) >= 11 is 0. The van der Waals surface area contributed by atoms with E-state index in [1.165, 1.54) is 28.7 Å². The lowest BCUT2D eigenvalue weighted by molar-refractivity contribution is 0.0393. The average Bonchev–Trinajstić information content (AvgIpc) is 2.85. The molecule has 1 N–H and O–H groups in total. The quantitative estimate of drug-likeness (QED) is 0.273. The first kappa shape index (κ1) is 29.1. The second-order valence-electron chi connectivity index (χ2n) is 12.1. The van der Waals surface area contributed by atoms with Crippen molar-refractivity contribution < 1.29 is 5.11 Å². The highest BCUT2D eigenvalue weighted by molar-refractivity contribution is 5.64. The van der Waals surface area contributed by atoms with Crippen LogP contribution in [0.15, 0.2) is 58.5 Å². The molecular formula is C33H49N3O. The van der Waals surface area contributed by atoms with Gasteiger partial charge >= 0.3 is 0 Å². The van der Waals surface area contributed by atoms with Crippen molar-refractivity contribution in [1.82, 2.24) is 0 Å². The van der Waals surface area contributed by atoms with Gasteiger partial charge in [-0.1, -0.05) is 116 Å². The predicted molar refractivity (Wildman–Crippen MR) is 158 cm³/mol. The Bertz CT molecular complexity index is 1050. The van der Waals surface area contributed by atoms with Crippen LogP contribution in [0.2, 0.25) is 0 Å². The summed E-state index contributed by atoms with van der Waals surface area (Å²) in [5.41, 5.74) is 7.13. The third-order valence-corrected chi connectivity index (χ3v) is 7.89. The third-order valence-electron chi connectivity index (χ3n) is 7.89. The lowest BCUT2D eigenvalue weighted by Crippen LogP contribution is -2.33. The first-order valence-corrected chi connectivity index (χ1v) is 14.3. The second kappa shape index (κ2) is 12.4. The second-order valence-corrected chi connectivity index (χ2v) is 12.1. The highest BCUT2D eigenvalue weighted by Crippen LogP contribution is 2.40. The van der Waals surface area contributed by atoms with Crippen molar-refractivity contribution in [1.29, 1.82) is 0 Å². The molecule has 0 saturated heterocycles. The van der Waals surface area contributed by atoms with Crippen molar-refractivity contribution >= 4 is 11.4 Å². The van der Waals surface area contributed by atoms with Gasteiger partial charge in [0.1, 0.15) is 0 Å². The Morgan fingerprint density at radius 3 is 1.62 bits per heavy atom. The number of hydrogen-bond acceptors (Lipinski definition) is 3. The summed E-state index contributed by atoms with van der Waals surface area (Å²) in [5.74, 6) is 1.34. The maximum absolute atomic E-state index is 11.5. The SMILES string of the molecule is C/C(=C\N(/N=N/c1c(C(C)C)cccc1C(C)C)c1c(C(C)C)cccc1C(C)C)C1(O)CCCCC1. The average molecular weight is 504 g/mol. The van der Waals surface area contributed by atoms with Gasteiger partial charge in [0.2, 0.25) is 0 Å². The van der Waals surface area contributed by atoms with Crippen LogP contribution in [0.5, 0.6) is 0 Å². The molecule has 2 aromatic rings. The molecule has 0 unspecified atom stereocenters. The molecule has 1 saturated carbocycles. The number of benzene rings is 2. The molecule has 0 heterocycles. The molecule has 4 heteroatoms. The summed E-state index contributed by atoms with van der Waals surface area (Å²) in [7, 11) is 0. The normalized spacial score (nSPS) is 16.5. The molecule has 1 aliphatic carbocycles. The zero-order valence-corrected chi connectivity index (χ0v) is 24.7. The smallest absolute Gasteiger partial charge is 0.0943 e. The van der Waals surface area contributed by atoms with Gasteiger partial charge in [0.05, 0.1) is 17.0 Å². The van der Waals surface area contributed by atoms with Gasteiger partial charge in [-0.2, -0.15) is 0 Å². The fraction of sp³-hybridized carbons (Fsp3) is 0.576. The minimum absolute atomic E-state index is 0.326. The van der Waals surface area contributed by atoms with Crippen LogP contribution in [0.4, 0.5) is 11.4 Å². The predicted octanol–water partition coefficient (Wildman–Crippen LogP) is 10.3. The van der Waals surface area contributed by atoms with E-state index in [9.17, 15) is 5.11 Å². The molecule has 4 nitrogen and oxygen atoms in total. The fourth-order valence-electron chi connectivity index (χ4n) is 5.47. The van der Waals surface area contributed by atoms with Crippen LogP contribution in [0.3, 0.4) is 0 Å². The number of para-hydroxylation sites is 1. The summed E-state index contributed by atoms with van der Waals surface area (Å²) in [6, 6.07) is 13.0. The van der Waals surface area contributed by atoms with Gasteiger partial charge in [0.25, 0.3) is 0 Å². The molecule has 1 fully saturated rings. The van der Waals surface area contributed by atoms with Crippen molar-refractivity contribution in [2.75, 3.05) is 5.01 Å². The van der Waals surface area contributed by atoms with Gasteiger partial charge in [-0.3, -0.25) is 0 Å². The topological polar surface area (TPSA) is 48.2 Å². The summed E-state index contributed by atoms with van der Waals surface area (Å²) in [5, 5.41) is 23.5. The molecule has 202 valence electrons. The standard InChI is InChI=1S/C33H49N3O/c1-22(2)27-15-13-16-28(23(3)4)31(27)34-35-36(21-26(9)33(37)19-11-10-12-20-33)32-29(24(5)6)17-14-18-30(32)25(7)8/h13-18,21-25,37H,10-12,19-20H2,1-9H3/b26-21+,35-34+. The summed E-state index contributed by atoms with van der Waals surface area (Å²) in [6.07, 6.45) is 6.96. The molecule has 37 heavy (non-hydrogen) atoms. The van der Waals surface area contributed by atoms with E-state index in [4.69, 9.17) is 10.3 Å². The highest BCUT2D eigenvalue weighted by Gasteiger charge is 2.32. The Balaban J connectivity index is 2.25. The molecule has 0 amide bonds. The van der Waals surface area contributed by atoms with Crippen molar-refractivity contribution in [3.05, 3.63) is 70.4 Å². The maximum atomic E-state index is 11.5. The van der Waals surface area contributed by atoms with Crippen molar-refractivity contribution in [3.8, 4) is 0 Å². The van der Waals surface area contributed by atoms with Gasteiger partial charge in [-0.15, -0.1) is 5.11 Å². The Hall–Kier alpha value is -2.46. The van der Waals surface area contributed by atoms with E-state index in [0.717, 1.165) is 42.6 Å². The zero-order valence-electron chi connectivity index (χ0n) is 24.7. The monoisotopic (exact) mass is 503 g/mol. The van der Waals surface area contributed by atoms with Crippen LogP contribution in [0.25, 0.3) is 0 Å². The van der Waals surface area contributed by atoms with E-state index < -0.39 is 5.60 Å². The van der Waals surface area contributed by atoms with Crippen LogP contribution in [-0.2, 0) is 0 Å². The van der Waals surface area contributed by atoms with Crippen LogP contribution in [-0.4, -0.2) is 10.7 Å². The molecular weight excluding hydrogens is 454 g/mol. The van der Waals surface area contributed by atoms with Gasteiger partial charge in [-0.25, -0.2) is 5.01 Å². The number of anilines is 1. The third kappa shape index (κ3) is 6.71. The highest BCUT2D eigenvalue weighted by atomic mass is 16.3. The lowest BCUT2D eigenvalue weighted by Gasteiger charge is -2.34. The van der Waals surface area contributed by atoms with E-state index in [0.29, 0.717) is 23.7 Å². The van der Waals surface area contributed by atoms with Crippen LogP contribution < -0.4 is 5.01 Å². The van der Waals surface area contributed by atoms with E-state index in [2.05, 4.69) is 105 Å². The Morgan fingerprint density at radius 1 is 0.757 bits per heavy atom. The minimum atomic E-state index is -0.782. The number of hydrogen-bond donors (Lipinski definition) is 1. The first-order chi connectivity index (χ1) is 17.5. The van der Waals surface area contributed by atoms with Crippen LogP contribution in [0.1, 0.15) is 140 Å². The largest absolute Gasteiger partial charge is 0.385 e. The van der Waals surface area contributed by atoms with E-state index in [1.54, 1.807) is 0 Å². The Kier molecular flexibility index (Phi) is 9.74. The molecule has 2 aromatic carbocycles. The molecule has 0 aliphatic heterocycles. The van der Waals surface area contributed by atoms with Gasteiger partial charge < -0.3 is 5.11 Å². The van der Waals surface area contributed by atoms with Crippen LogP contribution in [0, 0.1) is 0 Å². The first-order valence-electron chi connectivity index (χ1n) is 14.3. The van der Waals surface area contributed by atoms with E-state index in [1.807, 2.05) is 5.01 Å². The fourth-order valence-corrected chi connectivity index (χ4v) is 5.47. The molecule has 0 bridgehead atoms. The Morgan fingerprint density at radius 2 is 1.19 bits per heavy atom. The van der Waals surface area contributed by atoms with Crippen molar-refractivity contribution in [2.24, 2.45) is 10.3 Å². The summed E-state index contributed by atoms with van der Waals surface area (Å²) in [4.78, 5) is 0. The van der Waals surface area contributed by atoms with Crippen LogP contribution >= 0.6 is 0 Å². The number of aliphatic hydroxyl groups is 1. The molecule has 0 aromatic heterocycles. The van der Waals surface area contributed by atoms with Gasteiger partial charge in [-0.05, 0) is 71.3 Å². The number of nitrogens with zero attached hydrogens (tertiary/aromatic N) is 3. The Labute approximate surface area is 225 Å². The molecule has 0 atom stereocenters. The van der Waals surface area contributed by atoms with Crippen molar-refractivity contribution in [3.63, 3.8) is 0 Å². The molecule has 1 aliphatic rings. The lowest BCUT2D eigenvalue weighted by atomic mass is 9.80. The maximum Gasteiger partial charge on any atom is 0.0943 e. The van der Waals surface area contributed by atoms with Gasteiger partial charge in [0.15, 0.2) is 0 Å². The van der Waals surface area contributed by atoms with Gasteiger partial charge in [0, 0.05) is 6.20 Å². The van der Waals surface area contributed by atoms with E-state index in [-0.39, 0.29) is 0 Å². The number of rotatable bonds is 9. The molecule has 3 rings (SSSR count).